The van der Waals surface area contributed by atoms with Crippen molar-refractivity contribution < 1.29 is 13.9 Å². The van der Waals surface area contributed by atoms with Crippen LogP contribution in [0.1, 0.15) is 20.3 Å². The molecule has 0 unspecified atom stereocenters. The van der Waals surface area contributed by atoms with Crippen molar-refractivity contribution in [3.8, 4) is 17.1 Å². The van der Waals surface area contributed by atoms with Gasteiger partial charge in [0.25, 0.3) is 0 Å². The number of ether oxygens (including phenoxy) is 1. The molecule has 0 saturated heterocycles. The van der Waals surface area contributed by atoms with Gasteiger partial charge in [0, 0.05) is 12.0 Å². The van der Waals surface area contributed by atoms with Crippen LogP contribution in [-0.2, 0) is 4.79 Å². The first-order valence-electron chi connectivity index (χ1n) is 6.62. The van der Waals surface area contributed by atoms with Gasteiger partial charge in [-0.2, -0.15) is 0 Å². The number of hydrogen-bond donors (Lipinski definition) is 1. The van der Waals surface area contributed by atoms with Crippen molar-refractivity contribution in [3.63, 3.8) is 0 Å². The van der Waals surface area contributed by atoms with Crippen LogP contribution < -0.4 is 10.1 Å². The van der Waals surface area contributed by atoms with Crippen LogP contribution in [0.5, 0.6) is 5.75 Å². The summed E-state index contributed by atoms with van der Waals surface area (Å²) in [5.74, 6) is 1.70. The Kier molecular flexibility index (Phi) is 4.45. The number of anilines is 1. The SMILES string of the molecule is COc1cc(-c2ccco2)ccc1NC(=O)CC(C)C. The van der Waals surface area contributed by atoms with Crippen molar-refractivity contribution in [1.82, 2.24) is 0 Å². The zero-order valence-corrected chi connectivity index (χ0v) is 12.0. The maximum absolute atomic E-state index is 11.8. The maximum Gasteiger partial charge on any atom is 0.224 e. The fourth-order valence-electron chi connectivity index (χ4n) is 1.96. The van der Waals surface area contributed by atoms with E-state index in [9.17, 15) is 4.79 Å². The Hall–Kier alpha value is -2.23. The fourth-order valence-corrected chi connectivity index (χ4v) is 1.96. The number of benzene rings is 1. The summed E-state index contributed by atoms with van der Waals surface area (Å²) in [6, 6.07) is 9.29. The molecule has 0 aliphatic rings. The molecule has 1 aromatic carbocycles. The van der Waals surface area contributed by atoms with Crippen molar-refractivity contribution in [1.29, 1.82) is 0 Å². The van der Waals surface area contributed by atoms with Crippen molar-refractivity contribution in [3.05, 3.63) is 36.6 Å². The van der Waals surface area contributed by atoms with Crippen LogP contribution in [0.15, 0.2) is 41.0 Å². The number of nitrogens with one attached hydrogen (secondary N) is 1. The largest absolute Gasteiger partial charge is 0.495 e. The van der Waals surface area contributed by atoms with Gasteiger partial charge in [-0.15, -0.1) is 0 Å². The third kappa shape index (κ3) is 3.41. The summed E-state index contributed by atoms with van der Waals surface area (Å²) < 4.78 is 10.7. The quantitative estimate of drug-likeness (QED) is 0.897. The Balaban J connectivity index is 2.20. The summed E-state index contributed by atoms with van der Waals surface area (Å²) in [5, 5.41) is 2.87. The normalized spacial score (nSPS) is 10.6. The molecule has 0 fully saturated rings. The van der Waals surface area contributed by atoms with Crippen LogP contribution in [0.25, 0.3) is 11.3 Å². The smallest absolute Gasteiger partial charge is 0.224 e. The van der Waals surface area contributed by atoms with E-state index in [-0.39, 0.29) is 5.91 Å². The lowest BCUT2D eigenvalue weighted by Gasteiger charge is -2.12. The van der Waals surface area contributed by atoms with E-state index in [0.29, 0.717) is 23.8 Å². The Morgan fingerprint density at radius 3 is 2.75 bits per heavy atom. The van der Waals surface area contributed by atoms with Gasteiger partial charge in [0.1, 0.15) is 11.5 Å². The monoisotopic (exact) mass is 273 g/mol. The molecule has 2 aromatic rings. The zero-order valence-electron chi connectivity index (χ0n) is 12.0. The highest BCUT2D eigenvalue weighted by atomic mass is 16.5. The topological polar surface area (TPSA) is 51.5 Å². The van der Waals surface area contributed by atoms with Crippen molar-refractivity contribution >= 4 is 11.6 Å². The van der Waals surface area contributed by atoms with E-state index in [2.05, 4.69) is 5.32 Å². The van der Waals surface area contributed by atoms with Gasteiger partial charge in [-0.1, -0.05) is 13.8 Å². The molecule has 0 aliphatic carbocycles. The second kappa shape index (κ2) is 6.28. The summed E-state index contributed by atoms with van der Waals surface area (Å²) in [6.45, 7) is 4.02. The number of carbonyl (C=O) groups is 1. The third-order valence-electron chi connectivity index (χ3n) is 2.87. The van der Waals surface area contributed by atoms with E-state index in [1.165, 1.54) is 0 Å². The predicted molar refractivity (Wildman–Crippen MR) is 78.8 cm³/mol. The predicted octanol–water partition coefficient (Wildman–Crippen LogP) is 3.94. The molecule has 0 atom stereocenters. The lowest BCUT2D eigenvalue weighted by atomic mass is 10.1. The van der Waals surface area contributed by atoms with Gasteiger partial charge in [0.05, 0.1) is 19.1 Å². The molecule has 20 heavy (non-hydrogen) atoms. The molecule has 1 aromatic heterocycles. The lowest BCUT2D eigenvalue weighted by Crippen LogP contribution is -2.14. The highest BCUT2D eigenvalue weighted by Crippen LogP contribution is 2.31. The molecule has 0 aliphatic heterocycles. The zero-order chi connectivity index (χ0) is 14.5. The van der Waals surface area contributed by atoms with Crippen LogP contribution >= 0.6 is 0 Å². The minimum atomic E-state index is -0.0101. The van der Waals surface area contributed by atoms with Gasteiger partial charge in [-0.3, -0.25) is 4.79 Å². The highest BCUT2D eigenvalue weighted by Gasteiger charge is 2.11. The number of furan rings is 1. The molecule has 2 rings (SSSR count). The third-order valence-corrected chi connectivity index (χ3v) is 2.87. The van der Waals surface area contributed by atoms with E-state index < -0.39 is 0 Å². The number of amides is 1. The average Bonchev–Trinajstić information content (AvgIpc) is 2.92. The van der Waals surface area contributed by atoms with Gasteiger partial charge in [-0.25, -0.2) is 0 Å². The van der Waals surface area contributed by atoms with Crippen molar-refractivity contribution in [2.75, 3.05) is 12.4 Å². The van der Waals surface area contributed by atoms with Gasteiger partial charge in [0.15, 0.2) is 0 Å². The second-order valence-electron chi connectivity index (χ2n) is 5.04. The van der Waals surface area contributed by atoms with E-state index in [1.54, 1.807) is 13.4 Å². The standard InChI is InChI=1S/C16H19NO3/c1-11(2)9-16(18)17-13-7-6-12(10-15(13)19-3)14-5-4-8-20-14/h4-8,10-11H,9H2,1-3H3,(H,17,18). The van der Waals surface area contributed by atoms with Gasteiger partial charge in [-0.05, 0) is 36.2 Å². The molecule has 0 saturated carbocycles. The maximum atomic E-state index is 11.8. The summed E-state index contributed by atoms with van der Waals surface area (Å²) in [4.78, 5) is 11.8. The minimum absolute atomic E-state index is 0.0101. The molecule has 1 amide bonds. The molecular formula is C16H19NO3. The molecular weight excluding hydrogens is 254 g/mol. The van der Waals surface area contributed by atoms with Gasteiger partial charge < -0.3 is 14.5 Å². The number of methoxy groups -OCH3 is 1. The lowest BCUT2D eigenvalue weighted by molar-refractivity contribution is -0.116. The van der Waals surface area contributed by atoms with E-state index in [0.717, 1.165) is 11.3 Å². The van der Waals surface area contributed by atoms with Crippen LogP contribution in [-0.4, -0.2) is 13.0 Å². The summed E-state index contributed by atoms with van der Waals surface area (Å²) in [6.07, 6.45) is 2.11. The molecule has 1 heterocycles. The molecule has 0 spiro atoms. The van der Waals surface area contributed by atoms with Gasteiger partial charge >= 0.3 is 0 Å². The molecule has 0 radical (unpaired) electrons. The van der Waals surface area contributed by atoms with E-state index >= 15 is 0 Å². The molecule has 4 nitrogen and oxygen atoms in total. The van der Waals surface area contributed by atoms with Gasteiger partial charge in [0.2, 0.25) is 5.91 Å². The van der Waals surface area contributed by atoms with Crippen LogP contribution in [0.3, 0.4) is 0 Å². The Labute approximate surface area is 118 Å². The highest BCUT2D eigenvalue weighted by molar-refractivity contribution is 5.92. The van der Waals surface area contributed by atoms with Crippen molar-refractivity contribution in [2.45, 2.75) is 20.3 Å². The summed E-state index contributed by atoms with van der Waals surface area (Å²) in [7, 11) is 1.58. The second-order valence-corrected chi connectivity index (χ2v) is 5.04. The Bertz CT molecular complexity index is 573. The average molecular weight is 273 g/mol. The summed E-state index contributed by atoms with van der Waals surface area (Å²) >= 11 is 0. The number of rotatable bonds is 5. The van der Waals surface area contributed by atoms with E-state index in [4.69, 9.17) is 9.15 Å². The molecule has 106 valence electrons. The molecule has 1 N–H and O–H groups in total. The van der Waals surface area contributed by atoms with E-state index in [1.807, 2.05) is 44.2 Å². The van der Waals surface area contributed by atoms with Crippen molar-refractivity contribution in [2.24, 2.45) is 5.92 Å². The number of carbonyl (C=O) groups excluding carboxylic acids is 1. The molecule has 4 heteroatoms. The fraction of sp³-hybridized carbons (Fsp3) is 0.312. The Morgan fingerprint density at radius 1 is 1.35 bits per heavy atom. The van der Waals surface area contributed by atoms with Crippen LogP contribution in [0.4, 0.5) is 5.69 Å². The molecule has 0 bridgehead atoms. The minimum Gasteiger partial charge on any atom is -0.495 e. The first kappa shape index (κ1) is 14.2. The first-order valence-corrected chi connectivity index (χ1v) is 6.62. The Morgan fingerprint density at radius 2 is 2.15 bits per heavy atom. The van der Waals surface area contributed by atoms with Crippen LogP contribution in [0.2, 0.25) is 0 Å². The van der Waals surface area contributed by atoms with Crippen LogP contribution in [0, 0.1) is 5.92 Å². The first-order chi connectivity index (χ1) is 9.60. The summed E-state index contributed by atoms with van der Waals surface area (Å²) in [5.41, 5.74) is 1.59. The number of hydrogen-bond acceptors (Lipinski definition) is 3.